The number of benzene rings is 1. The summed E-state index contributed by atoms with van der Waals surface area (Å²) in [5.74, 6) is -1.03. The Hall–Kier alpha value is -2.14. The highest BCUT2D eigenvalue weighted by Gasteiger charge is 2.10. The molecule has 1 aromatic carbocycles. The zero-order chi connectivity index (χ0) is 15.2. The highest BCUT2D eigenvalue weighted by atomic mass is 32.1. The van der Waals surface area contributed by atoms with Gasteiger partial charge in [-0.15, -0.1) is 11.3 Å². The monoisotopic (exact) mass is 303 g/mol. The Morgan fingerprint density at radius 1 is 1.19 bits per heavy atom. The third-order valence-electron chi connectivity index (χ3n) is 3.12. The summed E-state index contributed by atoms with van der Waals surface area (Å²) in [6.07, 6.45) is 0.715. The van der Waals surface area contributed by atoms with Gasteiger partial charge < -0.3 is 10.4 Å². The molecular formula is C16H17NO3S. The molecule has 21 heavy (non-hydrogen) atoms. The third-order valence-corrected chi connectivity index (χ3v) is 4.13. The van der Waals surface area contributed by atoms with E-state index < -0.39 is 5.97 Å². The van der Waals surface area contributed by atoms with Crippen LogP contribution < -0.4 is 5.32 Å². The Kier molecular flexibility index (Phi) is 5.11. The summed E-state index contributed by atoms with van der Waals surface area (Å²) in [7, 11) is 0. The van der Waals surface area contributed by atoms with Gasteiger partial charge in [-0.2, -0.15) is 0 Å². The fourth-order valence-corrected chi connectivity index (χ4v) is 2.88. The van der Waals surface area contributed by atoms with E-state index >= 15 is 0 Å². The molecule has 2 aromatic rings. The van der Waals surface area contributed by atoms with Gasteiger partial charge in [0.15, 0.2) is 0 Å². The number of aromatic carboxylic acids is 1. The van der Waals surface area contributed by atoms with Gasteiger partial charge in [0.25, 0.3) is 0 Å². The van der Waals surface area contributed by atoms with E-state index in [1.165, 1.54) is 4.88 Å². The minimum Gasteiger partial charge on any atom is -0.478 e. The molecule has 0 aliphatic carbocycles. The molecule has 110 valence electrons. The molecule has 0 bridgehead atoms. The first-order valence-electron chi connectivity index (χ1n) is 6.69. The van der Waals surface area contributed by atoms with Gasteiger partial charge in [0.2, 0.25) is 5.91 Å². The van der Waals surface area contributed by atoms with Gasteiger partial charge in [-0.1, -0.05) is 18.2 Å². The fourth-order valence-electron chi connectivity index (χ4n) is 2.05. The van der Waals surface area contributed by atoms with Gasteiger partial charge in [-0.25, -0.2) is 4.79 Å². The number of hydrogen-bond donors (Lipinski definition) is 2. The van der Waals surface area contributed by atoms with Gasteiger partial charge in [0.1, 0.15) is 0 Å². The molecule has 5 heteroatoms. The van der Waals surface area contributed by atoms with Crippen LogP contribution >= 0.6 is 11.3 Å². The van der Waals surface area contributed by atoms with Crippen molar-refractivity contribution >= 4 is 23.2 Å². The van der Waals surface area contributed by atoms with Crippen LogP contribution in [-0.4, -0.2) is 17.0 Å². The smallest absolute Gasteiger partial charge is 0.335 e. The Balaban J connectivity index is 1.85. The number of aryl methyl sites for hydroxylation is 2. The number of carbonyl (C=O) groups is 2. The van der Waals surface area contributed by atoms with Crippen LogP contribution in [0.15, 0.2) is 36.4 Å². The lowest BCUT2D eigenvalue weighted by molar-refractivity contribution is -0.121. The molecule has 1 heterocycles. The van der Waals surface area contributed by atoms with Crippen molar-refractivity contribution in [2.24, 2.45) is 0 Å². The summed E-state index contributed by atoms with van der Waals surface area (Å²) in [6, 6.07) is 10.8. The Labute approximate surface area is 127 Å². The van der Waals surface area contributed by atoms with Gasteiger partial charge in [0.05, 0.1) is 12.1 Å². The van der Waals surface area contributed by atoms with Gasteiger partial charge in [-0.3, -0.25) is 4.79 Å². The van der Waals surface area contributed by atoms with E-state index in [1.807, 2.05) is 19.1 Å². The summed E-state index contributed by atoms with van der Waals surface area (Å²) < 4.78 is 0. The summed E-state index contributed by atoms with van der Waals surface area (Å²) in [6.45, 7) is 2.55. The van der Waals surface area contributed by atoms with Crippen LogP contribution in [0.4, 0.5) is 0 Å². The molecule has 0 aliphatic heterocycles. The number of carboxylic acids is 1. The normalized spacial score (nSPS) is 10.3. The molecule has 2 rings (SSSR count). The number of nitrogens with one attached hydrogen (secondary N) is 1. The number of carboxylic acid groups (broad SMARTS) is 1. The van der Waals surface area contributed by atoms with Crippen LogP contribution in [0.3, 0.4) is 0 Å². The van der Waals surface area contributed by atoms with Crippen LogP contribution in [0.5, 0.6) is 0 Å². The van der Waals surface area contributed by atoms with Crippen molar-refractivity contribution in [2.75, 3.05) is 0 Å². The van der Waals surface area contributed by atoms with Crippen molar-refractivity contribution in [1.82, 2.24) is 5.32 Å². The van der Waals surface area contributed by atoms with Crippen LogP contribution in [0.2, 0.25) is 0 Å². The molecule has 0 aliphatic rings. The molecule has 0 radical (unpaired) electrons. The van der Waals surface area contributed by atoms with Crippen molar-refractivity contribution in [3.8, 4) is 0 Å². The maximum atomic E-state index is 11.8. The van der Waals surface area contributed by atoms with E-state index in [2.05, 4.69) is 5.32 Å². The minimum atomic E-state index is -0.958. The number of rotatable bonds is 6. The first-order valence-corrected chi connectivity index (χ1v) is 7.51. The van der Waals surface area contributed by atoms with Crippen LogP contribution in [-0.2, 0) is 17.8 Å². The molecular weight excluding hydrogens is 286 g/mol. The largest absolute Gasteiger partial charge is 0.478 e. The van der Waals surface area contributed by atoms with E-state index in [-0.39, 0.29) is 17.9 Å². The summed E-state index contributed by atoms with van der Waals surface area (Å²) in [5, 5.41) is 11.9. The summed E-state index contributed by atoms with van der Waals surface area (Å²) in [5.41, 5.74) is 0.950. The van der Waals surface area contributed by atoms with Crippen LogP contribution in [0.25, 0.3) is 0 Å². The Morgan fingerprint density at radius 2 is 1.95 bits per heavy atom. The van der Waals surface area contributed by atoms with Crippen LogP contribution in [0, 0.1) is 6.92 Å². The van der Waals surface area contributed by atoms with Crippen molar-refractivity contribution in [2.45, 2.75) is 26.3 Å². The number of amides is 1. The van der Waals surface area contributed by atoms with E-state index in [0.717, 1.165) is 4.88 Å². The van der Waals surface area contributed by atoms with Crippen molar-refractivity contribution in [3.05, 3.63) is 57.3 Å². The predicted molar refractivity (Wildman–Crippen MR) is 82.6 cm³/mol. The average molecular weight is 303 g/mol. The highest BCUT2D eigenvalue weighted by molar-refractivity contribution is 7.11. The Bertz CT molecular complexity index is 648. The lowest BCUT2D eigenvalue weighted by atomic mass is 10.0. The average Bonchev–Trinajstić information content (AvgIpc) is 2.88. The Morgan fingerprint density at radius 3 is 2.62 bits per heavy atom. The number of hydrogen-bond acceptors (Lipinski definition) is 3. The predicted octanol–water partition coefficient (Wildman–Crippen LogP) is 3.00. The lowest BCUT2D eigenvalue weighted by Crippen LogP contribution is -2.22. The molecule has 0 spiro atoms. The van der Waals surface area contributed by atoms with E-state index in [4.69, 9.17) is 5.11 Å². The molecule has 1 aromatic heterocycles. The molecule has 2 N–H and O–H groups in total. The molecule has 0 fully saturated rings. The van der Waals surface area contributed by atoms with Crippen molar-refractivity contribution in [1.29, 1.82) is 0 Å². The quantitative estimate of drug-likeness (QED) is 0.862. The standard InChI is InChI=1S/C16H17NO3S/c1-11-6-8-13(21-11)10-17-15(18)9-7-12-4-2-3-5-14(12)16(19)20/h2-6,8H,7,9-10H2,1H3,(H,17,18)(H,19,20). The van der Waals surface area contributed by atoms with Gasteiger partial charge in [0, 0.05) is 16.2 Å². The topological polar surface area (TPSA) is 66.4 Å². The second kappa shape index (κ2) is 7.04. The zero-order valence-electron chi connectivity index (χ0n) is 11.8. The molecule has 4 nitrogen and oxygen atoms in total. The molecule has 0 saturated heterocycles. The SMILES string of the molecule is Cc1ccc(CNC(=O)CCc2ccccc2C(=O)O)s1. The van der Waals surface area contributed by atoms with Crippen molar-refractivity contribution in [3.63, 3.8) is 0 Å². The maximum Gasteiger partial charge on any atom is 0.335 e. The second-order valence-electron chi connectivity index (χ2n) is 4.75. The first-order chi connectivity index (χ1) is 10.1. The molecule has 0 unspecified atom stereocenters. The second-order valence-corrected chi connectivity index (χ2v) is 6.12. The third kappa shape index (κ3) is 4.43. The van der Waals surface area contributed by atoms with E-state index in [9.17, 15) is 9.59 Å². The van der Waals surface area contributed by atoms with Gasteiger partial charge >= 0.3 is 5.97 Å². The first kappa shape index (κ1) is 15.3. The molecule has 0 saturated carbocycles. The van der Waals surface area contributed by atoms with E-state index in [0.29, 0.717) is 18.5 Å². The number of thiophene rings is 1. The van der Waals surface area contributed by atoms with Gasteiger partial charge in [-0.05, 0) is 37.1 Å². The zero-order valence-corrected chi connectivity index (χ0v) is 12.6. The minimum absolute atomic E-state index is 0.0683. The lowest BCUT2D eigenvalue weighted by Gasteiger charge is -2.06. The number of carbonyl (C=O) groups excluding carboxylic acids is 1. The van der Waals surface area contributed by atoms with Crippen LogP contribution in [0.1, 0.15) is 32.1 Å². The molecule has 0 atom stereocenters. The maximum absolute atomic E-state index is 11.8. The summed E-state index contributed by atoms with van der Waals surface area (Å²) in [4.78, 5) is 25.2. The molecule has 1 amide bonds. The fraction of sp³-hybridized carbons (Fsp3) is 0.250. The van der Waals surface area contributed by atoms with Crippen molar-refractivity contribution < 1.29 is 14.7 Å². The highest BCUT2D eigenvalue weighted by Crippen LogP contribution is 2.15. The summed E-state index contributed by atoms with van der Waals surface area (Å²) >= 11 is 1.66. The van der Waals surface area contributed by atoms with E-state index in [1.54, 1.807) is 35.6 Å².